The van der Waals surface area contributed by atoms with Gasteiger partial charge in [0.1, 0.15) is 12.1 Å². The summed E-state index contributed by atoms with van der Waals surface area (Å²) in [6, 6.07) is 9.43. The third-order valence-electron chi connectivity index (χ3n) is 3.78. The molecule has 2 bridgehead atoms. The summed E-state index contributed by atoms with van der Waals surface area (Å²) in [6.07, 6.45) is -1.98. The fourth-order valence-corrected chi connectivity index (χ4v) is 2.84. The van der Waals surface area contributed by atoms with E-state index in [0.717, 1.165) is 5.56 Å². The van der Waals surface area contributed by atoms with Crippen LogP contribution in [0.1, 0.15) is 5.56 Å². The van der Waals surface area contributed by atoms with Crippen molar-refractivity contribution >= 4 is 11.9 Å². The summed E-state index contributed by atoms with van der Waals surface area (Å²) in [5.74, 6) is 0.146. The second kappa shape index (κ2) is 4.29. The first-order chi connectivity index (χ1) is 9.78. The number of benzene rings is 1. The van der Waals surface area contributed by atoms with Crippen LogP contribution in [0.5, 0.6) is 0 Å². The molecule has 1 aromatic rings. The predicted molar refractivity (Wildman–Crippen MR) is 67.2 cm³/mol. The summed E-state index contributed by atoms with van der Waals surface area (Å²) in [5.41, 5.74) is 0.913. The van der Waals surface area contributed by atoms with E-state index in [9.17, 15) is 4.79 Å². The number of hydrogen-bond acceptors (Lipinski definition) is 6. The standard InChI is InChI=1S/C14H13NO5/c1-17-13(16)11-9-8-10(14(19-9)20-11)18-12(15-8)7-5-3-2-4-6-7/h2-6,8-11,14H,1H3/t8-,9+,10-,11-,14+/m1/s1. The van der Waals surface area contributed by atoms with Crippen molar-refractivity contribution in [1.82, 2.24) is 0 Å². The molecule has 6 nitrogen and oxygen atoms in total. The van der Waals surface area contributed by atoms with Gasteiger partial charge in [-0.05, 0) is 12.1 Å². The Morgan fingerprint density at radius 3 is 2.75 bits per heavy atom. The van der Waals surface area contributed by atoms with Crippen LogP contribution >= 0.6 is 0 Å². The van der Waals surface area contributed by atoms with Crippen molar-refractivity contribution in [2.24, 2.45) is 4.99 Å². The molecule has 0 saturated carbocycles. The van der Waals surface area contributed by atoms with E-state index in [1.807, 2.05) is 30.3 Å². The highest BCUT2D eigenvalue weighted by Gasteiger charge is 2.62. The SMILES string of the molecule is COC(=O)[C@@H]1O[C@@H]2O[C@H]1[C@H]1N=C(c3ccccc3)O[C@@H]21. The number of ether oxygens (including phenoxy) is 4. The lowest BCUT2D eigenvalue weighted by Gasteiger charge is -2.23. The number of methoxy groups -OCH3 is 1. The Morgan fingerprint density at radius 1 is 1.20 bits per heavy atom. The van der Waals surface area contributed by atoms with Gasteiger partial charge in [0.2, 0.25) is 5.90 Å². The summed E-state index contributed by atoms with van der Waals surface area (Å²) in [5, 5.41) is 0. The lowest BCUT2D eigenvalue weighted by molar-refractivity contribution is -0.162. The van der Waals surface area contributed by atoms with E-state index >= 15 is 0 Å². The minimum absolute atomic E-state index is 0.215. The molecule has 3 heterocycles. The number of esters is 1. The Morgan fingerprint density at radius 2 is 2.00 bits per heavy atom. The highest BCUT2D eigenvalue weighted by molar-refractivity contribution is 5.95. The van der Waals surface area contributed by atoms with Crippen LogP contribution in [0, 0.1) is 0 Å². The second-order valence-corrected chi connectivity index (χ2v) is 4.92. The first-order valence-electron chi connectivity index (χ1n) is 6.46. The minimum Gasteiger partial charge on any atom is -0.467 e. The van der Waals surface area contributed by atoms with Crippen LogP contribution < -0.4 is 0 Å². The molecule has 20 heavy (non-hydrogen) atoms. The molecule has 1 aromatic carbocycles. The first kappa shape index (κ1) is 11.9. The van der Waals surface area contributed by atoms with Gasteiger partial charge in [0.05, 0.1) is 7.11 Å². The van der Waals surface area contributed by atoms with Gasteiger partial charge in [-0.3, -0.25) is 0 Å². The molecule has 104 valence electrons. The average molecular weight is 275 g/mol. The zero-order valence-corrected chi connectivity index (χ0v) is 10.8. The van der Waals surface area contributed by atoms with Crippen LogP contribution in [0.25, 0.3) is 0 Å². The van der Waals surface area contributed by atoms with Crippen LogP contribution in [0.3, 0.4) is 0 Å². The summed E-state index contributed by atoms with van der Waals surface area (Å²) >= 11 is 0. The average Bonchev–Trinajstić information content (AvgIpc) is 3.17. The fraction of sp³-hybridized carbons (Fsp3) is 0.429. The van der Waals surface area contributed by atoms with Gasteiger partial charge in [0, 0.05) is 5.56 Å². The van der Waals surface area contributed by atoms with Gasteiger partial charge in [-0.1, -0.05) is 18.2 Å². The zero-order chi connectivity index (χ0) is 13.7. The Kier molecular flexibility index (Phi) is 2.55. The van der Waals surface area contributed by atoms with Gasteiger partial charge in [-0.2, -0.15) is 0 Å². The number of rotatable bonds is 2. The number of nitrogens with zero attached hydrogens (tertiary/aromatic N) is 1. The molecule has 0 radical (unpaired) electrons. The molecule has 0 amide bonds. The van der Waals surface area contributed by atoms with E-state index in [1.165, 1.54) is 7.11 Å². The first-order valence-corrected chi connectivity index (χ1v) is 6.46. The van der Waals surface area contributed by atoms with Crippen molar-refractivity contribution < 1.29 is 23.7 Å². The van der Waals surface area contributed by atoms with Gasteiger partial charge in [-0.25, -0.2) is 9.79 Å². The zero-order valence-electron chi connectivity index (χ0n) is 10.8. The lowest BCUT2D eigenvalue weighted by Crippen LogP contribution is -2.47. The Balaban J connectivity index is 1.60. The van der Waals surface area contributed by atoms with Gasteiger partial charge < -0.3 is 18.9 Å². The molecule has 3 aliphatic heterocycles. The Labute approximate surface area is 115 Å². The van der Waals surface area contributed by atoms with E-state index in [1.54, 1.807) is 0 Å². The van der Waals surface area contributed by atoms with Gasteiger partial charge in [0.15, 0.2) is 18.5 Å². The molecule has 5 atom stereocenters. The van der Waals surface area contributed by atoms with Gasteiger partial charge in [-0.15, -0.1) is 0 Å². The molecule has 0 unspecified atom stereocenters. The summed E-state index contributed by atoms with van der Waals surface area (Å²) < 4.78 is 21.6. The third-order valence-corrected chi connectivity index (χ3v) is 3.78. The van der Waals surface area contributed by atoms with Crippen LogP contribution in [-0.4, -0.2) is 49.6 Å². The molecule has 6 heteroatoms. The van der Waals surface area contributed by atoms with E-state index in [-0.39, 0.29) is 12.1 Å². The monoisotopic (exact) mass is 275 g/mol. The lowest BCUT2D eigenvalue weighted by atomic mass is 10.0. The molecular weight excluding hydrogens is 262 g/mol. The molecular formula is C14H13NO5. The van der Waals surface area contributed by atoms with E-state index in [0.29, 0.717) is 5.90 Å². The third kappa shape index (κ3) is 1.58. The number of fused-ring (bicyclic) bond motifs is 5. The molecule has 0 aromatic heterocycles. The maximum absolute atomic E-state index is 11.6. The minimum atomic E-state index is -0.714. The number of carbonyl (C=O) groups excluding carboxylic acids is 1. The van der Waals surface area contributed by atoms with Crippen LogP contribution in [0.2, 0.25) is 0 Å². The van der Waals surface area contributed by atoms with Crippen molar-refractivity contribution in [2.75, 3.05) is 7.11 Å². The van der Waals surface area contributed by atoms with Crippen LogP contribution in [-0.2, 0) is 23.7 Å². The smallest absolute Gasteiger partial charge is 0.337 e. The van der Waals surface area contributed by atoms with Crippen molar-refractivity contribution in [1.29, 1.82) is 0 Å². The van der Waals surface area contributed by atoms with Crippen LogP contribution in [0.15, 0.2) is 35.3 Å². The highest BCUT2D eigenvalue weighted by atomic mass is 16.8. The van der Waals surface area contributed by atoms with E-state index in [4.69, 9.17) is 18.9 Å². The molecule has 4 rings (SSSR count). The van der Waals surface area contributed by atoms with Crippen molar-refractivity contribution in [2.45, 2.75) is 30.6 Å². The predicted octanol–water partition coefficient (Wildman–Crippen LogP) is 0.497. The molecule has 2 saturated heterocycles. The topological polar surface area (TPSA) is 66.4 Å². The summed E-state index contributed by atoms with van der Waals surface area (Å²) in [4.78, 5) is 16.2. The number of aliphatic imine (C=N–C) groups is 1. The second-order valence-electron chi connectivity index (χ2n) is 4.92. The summed E-state index contributed by atoms with van der Waals surface area (Å²) in [6.45, 7) is 0. The van der Waals surface area contributed by atoms with Crippen LogP contribution in [0.4, 0.5) is 0 Å². The Hall–Kier alpha value is -1.92. The largest absolute Gasteiger partial charge is 0.467 e. The van der Waals surface area contributed by atoms with Crippen molar-refractivity contribution in [3.8, 4) is 0 Å². The number of carbonyl (C=O) groups is 1. The molecule has 2 fully saturated rings. The normalized spacial score (nSPS) is 37.2. The molecule has 0 N–H and O–H groups in total. The van der Waals surface area contributed by atoms with Gasteiger partial charge >= 0.3 is 5.97 Å². The highest BCUT2D eigenvalue weighted by Crippen LogP contribution is 2.41. The van der Waals surface area contributed by atoms with Crippen molar-refractivity contribution in [3.05, 3.63) is 35.9 Å². The molecule has 0 spiro atoms. The quantitative estimate of drug-likeness (QED) is 0.735. The van der Waals surface area contributed by atoms with Crippen molar-refractivity contribution in [3.63, 3.8) is 0 Å². The molecule has 3 aliphatic rings. The summed E-state index contributed by atoms with van der Waals surface area (Å²) in [7, 11) is 1.33. The molecule has 0 aliphatic carbocycles. The number of hydrogen-bond donors (Lipinski definition) is 0. The van der Waals surface area contributed by atoms with E-state index in [2.05, 4.69) is 4.99 Å². The maximum Gasteiger partial charge on any atom is 0.337 e. The Bertz CT molecular complexity index is 572. The van der Waals surface area contributed by atoms with Gasteiger partial charge in [0.25, 0.3) is 0 Å². The maximum atomic E-state index is 11.6. The van der Waals surface area contributed by atoms with E-state index < -0.39 is 24.5 Å². The fourth-order valence-electron chi connectivity index (χ4n) is 2.84.